The van der Waals surface area contributed by atoms with E-state index in [2.05, 4.69) is 20.5 Å². The zero-order chi connectivity index (χ0) is 14.5. The van der Waals surface area contributed by atoms with Crippen molar-refractivity contribution in [2.45, 2.75) is 0 Å². The molecule has 3 aromatic rings. The van der Waals surface area contributed by atoms with Crippen LogP contribution in [0.3, 0.4) is 0 Å². The van der Waals surface area contributed by atoms with Crippen LogP contribution in [0.2, 0.25) is 0 Å². The average Bonchev–Trinajstić information content (AvgIpc) is 2.55. The van der Waals surface area contributed by atoms with E-state index in [9.17, 15) is 4.79 Å². The summed E-state index contributed by atoms with van der Waals surface area (Å²) >= 11 is 0. The van der Waals surface area contributed by atoms with Crippen LogP contribution < -0.4 is 5.43 Å². The second-order valence-corrected chi connectivity index (χ2v) is 4.39. The van der Waals surface area contributed by atoms with Crippen LogP contribution in [0.15, 0.2) is 66.2 Å². The van der Waals surface area contributed by atoms with E-state index in [4.69, 9.17) is 0 Å². The largest absolute Gasteiger partial charge is 0.271 e. The van der Waals surface area contributed by atoms with Gasteiger partial charge in [0.25, 0.3) is 5.91 Å². The molecule has 1 N–H and O–H groups in total. The van der Waals surface area contributed by atoms with Crippen molar-refractivity contribution in [1.82, 2.24) is 15.4 Å². The summed E-state index contributed by atoms with van der Waals surface area (Å²) in [6, 6.07) is 13.0. The Bertz CT molecular complexity index is 799. The van der Waals surface area contributed by atoms with Crippen molar-refractivity contribution in [3.8, 4) is 0 Å². The zero-order valence-corrected chi connectivity index (χ0v) is 11.1. The van der Waals surface area contributed by atoms with Crippen LogP contribution in [0.4, 0.5) is 0 Å². The first-order valence-corrected chi connectivity index (χ1v) is 6.41. The molecule has 0 bridgehead atoms. The molecule has 21 heavy (non-hydrogen) atoms. The lowest BCUT2D eigenvalue weighted by Gasteiger charge is -2.00. The van der Waals surface area contributed by atoms with Gasteiger partial charge in [0.05, 0.1) is 11.7 Å². The fraction of sp³-hybridized carbons (Fsp3) is 0. The number of benzene rings is 1. The fourth-order valence-corrected chi connectivity index (χ4v) is 1.90. The van der Waals surface area contributed by atoms with E-state index in [1.54, 1.807) is 36.9 Å². The van der Waals surface area contributed by atoms with E-state index in [0.29, 0.717) is 5.56 Å². The molecule has 0 aliphatic heterocycles. The Morgan fingerprint density at radius 1 is 1.10 bits per heavy atom. The number of carbonyl (C=O) groups excluding carboxylic acids is 1. The number of hydrazone groups is 1. The molecule has 2 aromatic heterocycles. The Kier molecular flexibility index (Phi) is 3.64. The molecule has 1 amide bonds. The van der Waals surface area contributed by atoms with Crippen LogP contribution in [-0.2, 0) is 0 Å². The minimum atomic E-state index is -0.271. The zero-order valence-electron chi connectivity index (χ0n) is 11.1. The van der Waals surface area contributed by atoms with Gasteiger partial charge in [-0.05, 0) is 29.8 Å². The number of rotatable bonds is 3. The number of aromatic nitrogens is 2. The molecule has 0 spiro atoms. The maximum absolute atomic E-state index is 11.8. The summed E-state index contributed by atoms with van der Waals surface area (Å²) in [4.78, 5) is 19.9. The summed E-state index contributed by atoms with van der Waals surface area (Å²) in [6.07, 6.45) is 6.46. The van der Waals surface area contributed by atoms with Gasteiger partial charge in [-0.25, -0.2) is 5.43 Å². The fourth-order valence-electron chi connectivity index (χ4n) is 1.90. The normalized spacial score (nSPS) is 10.9. The number of nitrogens with zero attached hydrogens (tertiary/aromatic N) is 3. The number of pyridine rings is 2. The van der Waals surface area contributed by atoms with Crippen molar-refractivity contribution < 1.29 is 4.79 Å². The Morgan fingerprint density at radius 2 is 1.95 bits per heavy atom. The minimum Gasteiger partial charge on any atom is -0.267 e. The smallest absolute Gasteiger partial charge is 0.267 e. The number of nitrogens with one attached hydrogen (secondary N) is 1. The van der Waals surface area contributed by atoms with Crippen molar-refractivity contribution >= 4 is 23.0 Å². The van der Waals surface area contributed by atoms with Gasteiger partial charge in [-0.15, -0.1) is 0 Å². The molecule has 5 nitrogen and oxygen atoms in total. The molecule has 0 aliphatic rings. The predicted octanol–water partition coefficient (Wildman–Crippen LogP) is 2.39. The quantitative estimate of drug-likeness (QED) is 0.590. The van der Waals surface area contributed by atoms with Gasteiger partial charge >= 0.3 is 0 Å². The highest BCUT2D eigenvalue weighted by Gasteiger charge is 2.02. The summed E-state index contributed by atoms with van der Waals surface area (Å²) in [7, 11) is 0. The lowest BCUT2D eigenvalue weighted by molar-refractivity contribution is 0.0955. The third-order valence-electron chi connectivity index (χ3n) is 2.95. The maximum atomic E-state index is 11.8. The summed E-state index contributed by atoms with van der Waals surface area (Å²) in [5.74, 6) is -0.271. The second-order valence-electron chi connectivity index (χ2n) is 4.39. The van der Waals surface area contributed by atoms with Gasteiger partial charge in [-0.3, -0.25) is 14.8 Å². The number of hydrogen-bond donors (Lipinski definition) is 1. The molecule has 0 fully saturated rings. The average molecular weight is 276 g/mol. The van der Waals surface area contributed by atoms with Crippen molar-refractivity contribution in [2.75, 3.05) is 0 Å². The van der Waals surface area contributed by atoms with E-state index in [1.165, 1.54) is 0 Å². The molecule has 2 heterocycles. The van der Waals surface area contributed by atoms with Gasteiger partial charge < -0.3 is 0 Å². The van der Waals surface area contributed by atoms with Crippen molar-refractivity contribution in [3.05, 3.63) is 72.2 Å². The van der Waals surface area contributed by atoms with Crippen molar-refractivity contribution in [1.29, 1.82) is 0 Å². The van der Waals surface area contributed by atoms with E-state index >= 15 is 0 Å². The molecular weight excluding hydrogens is 264 g/mol. The van der Waals surface area contributed by atoms with Crippen LogP contribution in [0.1, 0.15) is 15.9 Å². The Morgan fingerprint density at radius 3 is 2.81 bits per heavy atom. The topological polar surface area (TPSA) is 67.2 Å². The third-order valence-corrected chi connectivity index (χ3v) is 2.95. The van der Waals surface area contributed by atoms with Gasteiger partial charge in [0.2, 0.25) is 0 Å². The highest BCUT2D eigenvalue weighted by Crippen LogP contribution is 2.11. The Balaban J connectivity index is 1.71. The van der Waals surface area contributed by atoms with Crippen LogP contribution in [-0.4, -0.2) is 22.1 Å². The lowest BCUT2D eigenvalue weighted by Crippen LogP contribution is -2.17. The van der Waals surface area contributed by atoms with Crippen LogP contribution in [0.5, 0.6) is 0 Å². The highest BCUT2D eigenvalue weighted by atomic mass is 16.2. The van der Waals surface area contributed by atoms with Gasteiger partial charge in [-0.2, -0.15) is 5.10 Å². The number of carbonyl (C=O) groups is 1. The summed E-state index contributed by atoms with van der Waals surface area (Å²) in [6.45, 7) is 0. The predicted molar refractivity (Wildman–Crippen MR) is 81.0 cm³/mol. The third kappa shape index (κ3) is 3.09. The first-order chi connectivity index (χ1) is 10.3. The van der Waals surface area contributed by atoms with E-state index in [-0.39, 0.29) is 5.91 Å². The molecule has 1 aromatic carbocycles. The number of amides is 1. The molecule has 3 rings (SSSR count). The SMILES string of the molecule is O=C(N/N=C/c1ccc2cccnc2c1)c1ccncc1. The molecule has 5 heteroatoms. The molecular formula is C16H12N4O. The van der Waals surface area contributed by atoms with Crippen LogP contribution in [0, 0.1) is 0 Å². The van der Waals surface area contributed by atoms with Gasteiger partial charge in [-0.1, -0.05) is 18.2 Å². The van der Waals surface area contributed by atoms with Gasteiger partial charge in [0.1, 0.15) is 0 Å². The molecule has 0 saturated carbocycles. The number of fused-ring (bicyclic) bond motifs is 1. The van der Waals surface area contributed by atoms with Crippen LogP contribution >= 0.6 is 0 Å². The Labute approximate surface area is 121 Å². The molecule has 0 atom stereocenters. The minimum absolute atomic E-state index is 0.271. The Hall–Kier alpha value is -3.08. The first kappa shape index (κ1) is 12.9. The van der Waals surface area contributed by atoms with Crippen molar-refractivity contribution in [2.24, 2.45) is 5.10 Å². The van der Waals surface area contributed by atoms with E-state index in [0.717, 1.165) is 16.5 Å². The standard InChI is InChI=1S/C16H12N4O/c21-16(14-5-8-17-9-6-14)20-19-11-12-3-4-13-2-1-7-18-15(13)10-12/h1-11H,(H,20,21)/b19-11+. The highest BCUT2D eigenvalue weighted by molar-refractivity contribution is 5.95. The molecule has 0 saturated heterocycles. The maximum Gasteiger partial charge on any atom is 0.271 e. The second kappa shape index (κ2) is 5.92. The van der Waals surface area contributed by atoms with Gasteiger partial charge in [0, 0.05) is 29.5 Å². The molecule has 102 valence electrons. The van der Waals surface area contributed by atoms with Crippen LogP contribution in [0.25, 0.3) is 10.9 Å². The van der Waals surface area contributed by atoms with E-state index in [1.807, 2.05) is 30.3 Å². The first-order valence-electron chi connectivity index (χ1n) is 6.41. The molecule has 0 unspecified atom stereocenters. The van der Waals surface area contributed by atoms with Gasteiger partial charge in [0.15, 0.2) is 0 Å². The van der Waals surface area contributed by atoms with Crippen molar-refractivity contribution in [3.63, 3.8) is 0 Å². The summed E-state index contributed by atoms with van der Waals surface area (Å²) in [5, 5.41) is 5.02. The number of hydrogen-bond acceptors (Lipinski definition) is 4. The summed E-state index contributed by atoms with van der Waals surface area (Å²) < 4.78 is 0. The lowest BCUT2D eigenvalue weighted by atomic mass is 10.1. The monoisotopic (exact) mass is 276 g/mol. The molecule has 0 radical (unpaired) electrons. The molecule has 0 aliphatic carbocycles. The summed E-state index contributed by atoms with van der Waals surface area (Å²) in [5.41, 5.74) is 4.76. The van der Waals surface area contributed by atoms with E-state index < -0.39 is 0 Å².